The molecule has 0 aromatic heterocycles. The SMILES string of the molecule is Nc1cccc(/C=C/C(=O)OCc2ccccc2Cl)c1. The van der Waals surface area contributed by atoms with Crippen molar-refractivity contribution < 1.29 is 9.53 Å². The Morgan fingerprint density at radius 2 is 2.00 bits per heavy atom. The van der Waals surface area contributed by atoms with Crippen LogP contribution in [-0.2, 0) is 16.1 Å². The molecule has 2 aromatic carbocycles. The van der Waals surface area contributed by atoms with E-state index in [1.54, 1.807) is 24.3 Å². The van der Waals surface area contributed by atoms with Crippen LogP contribution in [-0.4, -0.2) is 5.97 Å². The number of hydrogen-bond acceptors (Lipinski definition) is 3. The van der Waals surface area contributed by atoms with Crippen LogP contribution in [0, 0.1) is 0 Å². The molecule has 0 unspecified atom stereocenters. The first kappa shape index (κ1) is 14.2. The molecule has 0 amide bonds. The van der Waals surface area contributed by atoms with E-state index >= 15 is 0 Å². The van der Waals surface area contributed by atoms with Crippen LogP contribution in [0.15, 0.2) is 54.6 Å². The Balaban J connectivity index is 1.91. The van der Waals surface area contributed by atoms with Gasteiger partial charge in [-0.25, -0.2) is 4.79 Å². The third-order valence-corrected chi connectivity index (χ3v) is 3.02. The second-order valence-corrected chi connectivity index (χ2v) is 4.61. The highest BCUT2D eigenvalue weighted by Crippen LogP contribution is 2.16. The van der Waals surface area contributed by atoms with Gasteiger partial charge < -0.3 is 10.5 Å². The number of ether oxygens (including phenoxy) is 1. The lowest BCUT2D eigenvalue weighted by molar-refractivity contribution is -0.138. The number of hydrogen-bond donors (Lipinski definition) is 1. The summed E-state index contributed by atoms with van der Waals surface area (Å²) in [6.45, 7) is 0.153. The van der Waals surface area contributed by atoms with Gasteiger partial charge in [-0.05, 0) is 29.8 Å². The van der Waals surface area contributed by atoms with Gasteiger partial charge in [0.2, 0.25) is 0 Å². The predicted octanol–water partition coefficient (Wildman–Crippen LogP) is 3.68. The summed E-state index contributed by atoms with van der Waals surface area (Å²) in [6.07, 6.45) is 3.02. The van der Waals surface area contributed by atoms with Gasteiger partial charge in [-0.2, -0.15) is 0 Å². The summed E-state index contributed by atoms with van der Waals surface area (Å²) >= 11 is 5.97. The maximum Gasteiger partial charge on any atom is 0.331 e. The minimum absolute atomic E-state index is 0.153. The quantitative estimate of drug-likeness (QED) is 0.530. The lowest BCUT2D eigenvalue weighted by Gasteiger charge is -2.04. The highest BCUT2D eigenvalue weighted by molar-refractivity contribution is 6.31. The summed E-state index contributed by atoms with van der Waals surface area (Å²) < 4.78 is 5.12. The van der Waals surface area contributed by atoms with Crippen LogP contribution in [0.25, 0.3) is 6.08 Å². The van der Waals surface area contributed by atoms with Crippen LogP contribution in [0.2, 0.25) is 5.02 Å². The zero-order valence-corrected chi connectivity index (χ0v) is 11.5. The Bertz CT molecular complexity index is 638. The topological polar surface area (TPSA) is 52.3 Å². The highest BCUT2D eigenvalue weighted by atomic mass is 35.5. The van der Waals surface area contributed by atoms with Gasteiger partial charge in [-0.3, -0.25) is 0 Å². The molecule has 0 radical (unpaired) electrons. The van der Waals surface area contributed by atoms with E-state index in [1.807, 2.05) is 30.3 Å². The zero-order valence-electron chi connectivity index (χ0n) is 10.8. The minimum Gasteiger partial charge on any atom is -0.458 e. The van der Waals surface area contributed by atoms with Crippen molar-refractivity contribution >= 4 is 29.3 Å². The Labute approximate surface area is 122 Å². The number of rotatable bonds is 4. The van der Waals surface area contributed by atoms with Crippen LogP contribution in [0.3, 0.4) is 0 Å². The lowest BCUT2D eigenvalue weighted by Crippen LogP contribution is -2.01. The molecule has 0 spiro atoms. The van der Waals surface area contributed by atoms with Crippen molar-refractivity contribution in [2.75, 3.05) is 5.73 Å². The molecule has 0 aliphatic heterocycles. The molecule has 0 aliphatic rings. The number of anilines is 1. The molecule has 0 aliphatic carbocycles. The smallest absolute Gasteiger partial charge is 0.331 e. The van der Waals surface area contributed by atoms with Crippen molar-refractivity contribution in [2.45, 2.75) is 6.61 Å². The summed E-state index contributed by atoms with van der Waals surface area (Å²) in [7, 11) is 0. The first-order chi connectivity index (χ1) is 9.65. The Kier molecular flexibility index (Phi) is 4.80. The number of halogens is 1. The van der Waals surface area contributed by atoms with E-state index < -0.39 is 5.97 Å². The zero-order chi connectivity index (χ0) is 14.4. The van der Waals surface area contributed by atoms with Gasteiger partial charge >= 0.3 is 5.97 Å². The number of nitrogen functional groups attached to an aromatic ring is 1. The van der Waals surface area contributed by atoms with Gasteiger partial charge in [0.1, 0.15) is 6.61 Å². The van der Waals surface area contributed by atoms with Gasteiger partial charge in [0.15, 0.2) is 0 Å². The average molecular weight is 288 g/mol. The fraction of sp³-hybridized carbons (Fsp3) is 0.0625. The van der Waals surface area contributed by atoms with Crippen molar-refractivity contribution in [3.05, 3.63) is 70.8 Å². The lowest BCUT2D eigenvalue weighted by atomic mass is 10.2. The van der Waals surface area contributed by atoms with Gasteiger partial charge in [-0.15, -0.1) is 0 Å². The van der Waals surface area contributed by atoms with Crippen molar-refractivity contribution in [1.29, 1.82) is 0 Å². The molecule has 4 heteroatoms. The maximum absolute atomic E-state index is 11.6. The van der Waals surface area contributed by atoms with E-state index in [4.69, 9.17) is 22.1 Å². The van der Waals surface area contributed by atoms with Gasteiger partial charge in [-0.1, -0.05) is 41.9 Å². The first-order valence-electron chi connectivity index (χ1n) is 6.09. The highest BCUT2D eigenvalue weighted by Gasteiger charge is 2.02. The number of esters is 1. The summed E-state index contributed by atoms with van der Waals surface area (Å²) in [5, 5.41) is 0.583. The van der Waals surface area contributed by atoms with Crippen LogP contribution < -0.4 is 5.73 Å². The van der Waals surface area contributed by atoms with E-state index in [-0.39, 0.29) is 6.61 Å². The number of benzene rings is 2. The number of carbonyl (C=O) groups excluding carboxylic acids is 1. The maximum atomic E-state index is 11.6. The summed E-state index contributed by atoms with van der Waals surface area (Å²) in [5.41, 5.74) is 7.93. The molecule has 0 heterocycles. The van der Waals surface area contributed by atoms with E-state index in [0.717, 1.165) is 11.1 Å². The fourth-order valence-corrected chi connectivity index (χ4v) is 1.83. The van der Waals surface area contributed by atoms with Crippen LogP contribution in [0.1, 0.15) is 11.1 Å². The summed E-state index contributed by atoms with van der Waals surface area (Å²) in [6, 6.07) is 14.5. The van der Waals surface area contributed by atoms with Crippen molar-refractivity contribution in [3.8, 4) is 0 Å². The molecule has 0 bridgehead atoms. The summed E-state index contributed by atoms with van der Waals surface area (Å²) in [5.74, 6) is -0.424. The van der Waals surface area contributed by atoms with Crippen molar-refractivity contribution in [2.24, 2.45) is 0 Å². The summed E-state index contributed by atoms with van der Waals surface area (Å²) in [4.78, 5) is 11.6. The molecule has 2 aromatic rings. The van der Waals surface area contributed by atoms with Crippen LogP contribution >= 0.6 is 11.6 Å². The largest absolute Gasteiger partial charge is 0.458 e. The minimum atomic E-state index is -0.424. The number of nitrogens with two attached hydrogens (primary N) is 1. The Morgan fingerprint density at radius 1 is 1.20 bits per heavy atom. The molecule has 2 rings (SSSR count). The monoisotopic (exact) mass is 287 g/mol. The van der Waals surface area contributed by atoms with E-state index in [1.165, 1.54) is 6.08 Å². The predicted molar refractivity (Wildman–Crippen MR) is 81.1 cm³/mol. The van der Waals surface area contributed by atoms with Crippen molar-refractivity contribution in [1.82, 2.24) is 0 Å². The molecule has 0 atom stereocenters. The van der Waals surface area contributed by atoms with Crippen molar-refractivity contribution in [3.63, 3.8) is 0 Å². The molecule has 0 saturated carbocycles. The molecule has 0 saturated heterocycles. The molecule has 0 fully saturated rings. The second kappa shape index (κ2) is 6.78. The first-order valence-corrected chi connectivity index (χ1v) is 6.47. The standard InChI is InChI=1S/C16H14ClNO2/c17-15-7-2-1-5-13(15)11-20-16(19)9-8-12-4-3-6-14(18)10-12/h1-10H,11,18H2/b9-8+. The molecule has 20 heavy (non-hydrogen) atoms. The molecule has 102 valence electrons. The molecular weight excluding hydrogens is 274 g/mol. The van der Waals surface area contributed by atoms with Gasteiger partial charge in [0, 0.05) is 22.3 Å². The fourth-order valence-electron chi connectivity index (χ4n) is 1.64. The molecule has 2 N–H and O–H groups in total. The normalized spacial score (nSPS) is 10.7. The second-order valence-electron chi connectivity index (χ2n) is 4.20. The Hall–Kier alpha value is -2.26. The third-order valence-electron chi connectivity index (χ3n) is 2.65. The van der Waals surface area contributed by atoms with Crippen LogP contribution in [0.5, 0.6) is 0 Å². The molecular formula is C16H14ClNO2. The van der Waals surface area contributed by atoms with Crippen LogP contribution in [0.4, 0.5) is 5.69 Å². The Morgan fingerprint density at radius 3 is 2.75 bits per heavy atom. The van der Waals surface area contributed by atoms with E-state index in [9.17, 15) is 4.79 Å². The van der Waals surface area contributed by atoms with E-state index in [0.29, 0.717) is 10.7 Å². The number of carbonyl (C=O) groups is 1. The van der Waals surface area contributed by atoms with E-state index in [2.05, 4.69) is 0 Å². The van der Waals surface area contributed by atoms with Gasteiger partial charge in [0.05, 0.1) is 0 Å². The van der Waals surface area contributed by atoms with Gasteiger partial charge in [0.25, 0.3) is 0 Å². The molecule has 3 nitrogen and oxygen atoms in total. The third kappa shape index (κ3) is 4.14. The average Bonchev–Trinajstić information content (AvgIpc) is 2.44.